The predicted octanol–water partition coefficient (Wildman–Crippen LogP) is 2.43. The van der Waals surface area contributed by atoms with E-state index in [-0.39, 0.29) is 0 Å². The highest BCUT2D eigenvalue weighted by Crippen LogP contribution is 2.06. The Morgan fingerprint density at radius 2 is 2.00 bits per heavy atom. The van der Waals surface area contributed by atoms with Crippen molar-refractivity contribution in [2.45, 2.75) is 26.8 Å². The van der Waals surface area contributed by atoms with E-state index in [0.717, 1.165) is 38.6 Å². The van der Waals surface area contributed by atoms with Gasteiger partial charge in [0.25, 0.3) is 0 Å². The summed E-state index contributed by atoms with van der Waals surface area (Å²) in [5.41, 5.74) is 2.58. The number of nitrogens with one attached hydrogen (secondary N) is 1. The van der Waals surface area contributed by atoms with E-state index in [9.17, 15) is 0 Å². The van der Waals surface area contributed by atoms with Crippen molar-refractivity contribution in [1.82, 2.24) is 10.2 Å². The lowest BCUT2D eigenvalue weighted by atomic mass is 10.1. The number of aliphatic imine (C=N–C) groups is 1. The van der Waals surface area contributed by atoms with Gasteiger partial charge < -0.3 is 15.0 Å². The standard InChI is InChI=1S/C16H27N3O/c1-5-17-16(18-11-6-12-20-4)19(3)13-15-9-7-14(2)8-10-15/h7-10H,5-6,11-13H2,1-4H3,(H,17,18). The topological polar surface area (TPSA) is 36.9 Å². The van der Waals surface area contributed by atoms with Crippen molar-refractivity contribution in [2.75, 3.05) is 33.9 Å². The average molecular weight is 277 g/mol. The fourth-order valence-corrected chi connectivity index (χ4v) is 1.91. The molecule has 4 heteroatoms. The second-order valence-corrected chi connectivity index (χ2v) is 4.92. The van der Waals surface area contributed by atoms with Gasteiger partial charge in [0, 0.05) is 40.4 Å². The molecule has 0 aliphatic rings. The number of hydrogen-bond donors (Lipinski definition) is 1. The minimum atomic E-state index is 0.755. The lowest BCUT2D eigenvalue weighted by Gasteiger charge is -2.22. The van der Waals surface area contributed by atoms with Crippen molar-refractivity contribution < 1.29 is 4.74 Å². The maximum absolute atomic E-state index is 5.05. The van der Waals surface area contributed by atoms with Crippen LogP contribution in [-0.4, -0.2) is 44.7 Å². The van der Waals surface area contributed by atoms with Crippen LogP contribution in [0.3, 0.4) is 0 Å². The normalized spacial score (nSPS) is 11.5. The number of benzene rings is 1. The first-order valence-corrected chi connectivity index (χ1v) is 7.21. The molecule has 1 rings (SSSR count). The third-order valence-corrected chi connectivity index (χ3v) is 3.00. The van der Waals surface area contributed by atoms with Crippen LogP contribution in [0.2, 0.25) is 0 Å². The van der Waals surface area contributed by atoms with Crippen LogP contribution in [0.4, 0.5) is 0 Å². The van der Waals surface area contributed by atoms with Gasteiger partial charge in [-0.05, 0) is 25.8 Å². The summed E-state index contributed by atoms with van der Waals surface area (Å²) >= 11 is 0. The monoisotopic (exact) mass is 277 g/mol. The molecule has 4 nitrogen and oxygen atoms in total. The molecule has 0 saturated heterocycles. The minimum Gasteiger partial charge on any atom is -0.385 e. The maximum Gasteiger partial charge on any atom is 0.193 e. The van der Waals surface area contributed by atoms with E-state index in [1.807, 2.05) is 0 Å². The van der Waals surface area contributed by atoms with Gasteiger partial charge in [0.2, 0.25) is 0 Å². The third kappa shape index (κ3) is 6.06. The Bertz CT molecular complexity index is 401. The van der Waals surface area contributed by atoms with Gasteiger partial charge in [-0.1, -0.05) is 29.8 Å². The Morgan fingerprint density at radius 1 is 1.30 bits per heavy atom. The Balaban J connectivity index is 2.58. The van der Waals surface area contributed by atoms with Gasteiger partial charge >= 0.3 is 0 Å². The summed E-state index contributed by atoms with van der Waals surface area (Å²) < 4.78 is 5.05. The van der Waals surface area contributed by atoms with Crippen LogP contribution in [0, 0.1) is 6.92 Å². The molecule has 0 heterocycles. The van der Waals surface area contributed by atoms with E-state index in [4.69, 9.17) is 4.74 Å². The zero-order valence-electron chi connectivity index (χ0n) is 13.1. The molecular weight excluding hydrogens is 250 g/mol. The van der Waals surface area contributed by atoms with E-state index >= 15 is 0 Å². The van der Waals surface area contributed by atoms with Gasteiger partial charge in [0.1, 0.15) is 0 Å². The van der Waals surface area contributed by atoms with Crippen LogP contribution in [0.5, 0.6) is 0 Å². The molecule has 1 aromatic carbocycles. The number of aryl methyl sites for hydroxylation is 1. The molecule has 112 valence electrons. The maximum atomic E-state index is 5.05. The molecule has 1 N–H and O–H groups in total. The fourth-order valence-electron chi connectivity index (χ4n) is 1.91. The van der Waals surface area contributed by atoms with Crippen LogP contribution in [0.15, 0.2) is 29.3 Å². The van der Waals surface area contributed by atoms with Crippen molar-refractivity contribution in [3.05, 3.63) is 35.4 Å². The second kappa shape index (κ2) is 9.37. The van der Waals surface area contributed by atoms with E-state index < -0.39 is 0 Å². The van der Waals surface area contributed by atoms with Crippen molar-refractivity contribution in [2.24, 2.45) is 4.99 Å². The molecule has 0 aromatic heterocycles. The van der Waals surface area contributed by atoms with Crippen LogP contribution in [0.1, 0.15) is 24.5 Å². The van der Waals surface area contributed by atoms with E-state index in [2.05, 4.69) is 60.4 Å². The Morgan fingerprint density at radius 3 is 2.60 bits per heavy atom. The van der Waals surface area contributed by atoms with Gasteiger partial charge in [0.15, 0.2) is 5.96 Å². The van der Waals surface area contributed by atoms with Crippen LogP contribution in [-0.2, 0) is 11.3 Å². The first-order valence-electron chi connectivity index (χ1n) is 7.21. The summed E-state index contributed by atoms with van der Waals surface area (Å²) in [6.45, 7) is 7.47. The summed E-state index contributed by atoms with van der Waals surface area (Å²) in [6, 6.07) is 8.62. The molecule has 0 atom stereocenters. The van der Waals surface area contributed by atoms with E-state index in [0.29, 0.717) is 0 Å². The molecule has 0 unspecified atom stereocenters. The predicted molar refractivity (Wildman–Crippen MR) is 85.1 cm³/mol. The van der Waals surface area contributed by atoms with Crippen LogP contribution in [0.25, 0.3) is 0 Å². The zero-order chi connectivity index (χ0) is 14.8. The largest absolute Gasteiger partial charge is 0.385 e. The highest BCUT2D eigenvalue weighted by atomic mass is 16.5. The number of nitrogens with zero attached hydrogens (tertiary/aromatic N) is 2. The molecule has 0 spiro atoms. The molecule has 1 aromatic rings. The van der Waals surface area contributed by atoms with Crippen molar-refractivity contribution in [3.8, 4) is 0 Å². The third-order valence-electron chi connectivity index (χ3n) is 3.00. The first kappa shape index (κ1) is 16.5. The molecule has 0 radical (unpaired) electrons. The fraction of sp³-hybridized carbons (Fsp3) is 0.562. The van der Waals surface area contributed by atoms with Crippen molar-refractivity contribution >= 4 is 5.96 Å². The van der Waals surface area contributed by atoms with Gasteiger partial charge in [-0.3, -0.25) is 4.99 Å². The smallest absolute Gasteiger partial charge is 0.193 e. The van der Waals surface area contributed by atoms with Crippen LogP contribution >= 0.6 is 0 Å². The molecule has 20 heavy (non-hydrogen) atoms. The molecule has 0 bridgehead atoms. The number of ether oxygens (including phenoxy) is 1. The summed E-state index contributed by atoms with van der Waals surface area (Å²) in [5, 5.41) is 3.33. The number of hydrogen-bond acceptors (Lipinski definition) is 2. The lowest BCUT2D eigenvalue weighted by molar-refractivity contribution is 0.197. The Hall–Kier alpha value is -1.55. The molecule has 0 fully saturated rings. The second-order valence-electron chi connectivity index (χ2n) is 4.92. The van der Waals surface area contributed by atoms with Gasteiger partial charge in [-0.25, -0.2) is 0 Å². The van der Waals surface area contributed by atoms with Crippen molar-refractivity contribution in [3.63, 3.8) is 0 Å². The molecule has 0 aliphatic carbocycles. The van der Waals surface area contributed by atoms with Gasteiger partial charge in [-0.15, -0.1) is 0 Å². The summed E-state index contributed by atoms with van der Waals surface area (Å²) in [5.74, 6) is 0.948. The number of rotatable bonds is 7. The number of guanidine groups is 1. The first-order chi connectivity index (χ1) is 9.67. The summed E-state index contributed by atoms with van der Waals surface area (Å²) in [7, 11) is 3.79. The molecule has 0 saturated carbocycles. The molecule has 0 amide bonds. The van der Waals surface area contributed by atoms with E-state index in [1.165, 1.54) is 11.1 Å². The quantitative estimate of drug-likeness (QED) is 0.472. The van der Waals surface area contributed by atoms with Crippen molar-refractivity contribution in [1.29, 1.82) is 0 Å². The summed E-state index contributed by atoms with van der Waals surface area (Å²) in [4.78, 5) is 6.77. The van der Waals surface area contributed by atoms with E-state index in [1.54, 1.807) is 7.11 Å². The molecule has 0 aliphatic heterocycles. The Labute approximate surface area is 122 Å². The van der Waals surface area contributed by atoms with Gasteiger partial charge in [-0.2, -0.15) is 0 Å². The highest BCUT2D eigenvalue weighted by Gasteiger charge is 2.05. The SMILES string of the molecule is CCNC(=NCCCOC)N(C)Cc1ccc(C)cc1. The Kier molecular flexibility index (Phi) is 7.73. The average Bonchev–Trinajstić information content (AvgIpc) is 2.44. The van der Waals surface area contributed by atoms with Gasteiger partial charge in [0.05, 0.1) is 0 Å². The number of methoxy groups -OCH3 is 1. The summed E-state index contributed by atoms with van der Waals surface area (Å²) in [6.07, 6.45) is 0.948. The lowest BCUT2D eigenvalue weighted by Crippen LogP contribution is -2.38. The molecular formula is C16H27N3O. The minimum absolute atomic E-state index is 0.755. The zero-order valence-corrected chi connectivity index (χ0v) is 13.1. The van der Waals surface area contributed by atoms with Crippen LogP contribution < -0.4 is 5.32 Å². The highest BCUT2D eigenvalue weighted by molar-refractivity contribution is 5.79.